The number of carbonyl (C=O) groups is 1. The van der Waals surface area contributed by atoms with E-state index in [-0.39, 0.29) is 11.9 Å². The van der Waals surface area contributed by atoms with Crippen LogP contribution in [0.4, 0.5) is 5.95 Å². The van der Waals surface area contributed by atoms with Gasteiger partial charge >= 0.3 is 0 Å². The molecular formula is C13H12Cl2N4O. The summed E-state index contributed by atoms with van der Waals surface area (Å²) in [6.45, 7) is 1.69. The lowest BCUT2D eigenvalue weighted by atomic mass is 10.0. The predicted molar refractivity (Wildman–Crippen MR) is 80.0 cm³/mol. The number of aryl methyl sites for hydroxylation is 1. The van der Waals surface area contributed by atoms with Crippen LogP contribution in [-0.2, 0) is 0 Å². The highest BCUT2D eigenvalue weighted by molar-refractivity contribution is 6.35. The van der Waals surface area contributed by atoms with E-state index in [2.05, 4.69) is 15.3 Å². The van der Waals surface area contributed by atoms with Gasteiger partial charge in [0, 0.05) is 22.7 Å². The zero-order valence-electron chi connectivity index (χ0n) is 10.9. The summed E-state index contributed by atoms with van der Waals surface area (Å²) in [5, 5.41) is 3.45. The number of benzene rings is 1. The summed E-state index contributed by atoms with van der Waals surface area (Å²) in [5.41, 5.74) is 7.51. The van der Waals surface area contributed by atoms with Crippen LogP contribution in [0.25, 0.3) is 11.3 Å². The summed E-state index contributed by atoms with van der Waals surface area (Å²) in [6, 6.07) is 4.94. The molecule has 0 aliphatic heterocycles. The summed E-state index contributed by atoms with van der Waals surface area (Å²) < 4.78 is 0. The van der Waals surface area contributed by atoms with E-state index in [9.17, 15) is 4.79 Å². The van der Waals surface area contributed by atoms with Crippen molar-refractivity contribution in [3.8, 4) is 11.3 Å². The fourth-order valence-corrected chi connectivity index (χ4v) is 2.42. The summed E-state index contributed by atoms with van der Waals surface area (Å²) in [6.07, 6.45) is 0. The van der Waals surface area contributed by atoms with Crippen molar-refractivity contribution in [1.82, 2.24) is 15.3 Å². The zero-order chi connectivity index (χ0) is 14.9. The minimum atomic E-state index is -0.298. The van der Waals surface area contributed by atoms with Crippen LogP contribution in [-0.4, -0.2) is 22.9 Å². The first kappa shape index (κ1) is 14.6. The van der Waals surface area contributed by atoms with Crippen LogP contribution in [0.1, 0.15) is 16.1 Å². The first-order valence-corrected chi connectivity index (χ1v) is 6.50. The maximum Gasteiger partial charge on any atom is 0.255 e. The number of rotatable bonds is 2. The Balaban J connectivity index is 2.74. The van der Waals surface area contributed by atoms with Crippen LogP contribution in [0.3, 0.4) is 0 Å². The lowest BCUT2D eigenvalue weighted by Gasteiger charge is -2.11. The number of carbonyl (C=O) groups excluding carboxylic acids is 1. The Hall–Kier alpha value is -1.85. The molecule has 0 unspecified atom stereocenters. The van der Waals surface area contributed by atoms with Crippen LogP contribution in [0.2, 0.25) is 10.0 Å². The molecule has 5 nitrogen and oxygen atoms in total. The number of halogens is 2. The Bertz CT molecular complexity index is 668. The fraction of sp³-hybridized carbons (Fsp3) is 0.154. The standard InChI is InChI=1S/C13H12Cl2N4O/c1-6-10(12(20)17-2)11(19-13(16)18-6)7-3-8(14)5-9(15)4-7/h3-5H,1-2H3,(H,17,20)(H2,16,18,19). The SMILES string of the molecule is CNC(=O)c1c(C)nc(N)nc1-c1cc(Cl)cc(Cl)c1. The Labute approximate surface area is 126 Å². The van der Waals surface area contributed by atoms with Crippen LogP contribution >= 0.6 is 23.2 Å². The molecule has 7 heteroatoms. The molecule has 0 atom stereocenters. The Morgan fingerprint density at radius 1 is 1.20 bits per heavy atom. The van der Waals surface area contributed by atoms with Crippen molar-refractivity contribution in [1.29, 1.82) is 0 Å². The highest BCUT2D eigenvalue weighted by Gasteiger charge is 2.19. The van der Waals surface area contributed by atoms with Crippen molar-refractivity contribution in [2.75, 3.05) is 12.8 Å². The van der Waals surface area contributed by atoms with Crippen LogP contribution in [0, 0.1) is 6.92 Å². The number of anilines is 1. The van der Waals surface area contributed by atoms with E-state index >= 15 is 0 Å². The number of nitrogens with zero attached hydrogens (tertiary/aromatic N) is 2. The zero-order valence-corrected chi connectivity index (χ0v) is 12.4. The van der Waals surface area contributed by atoms with Crippen LogP contribution < -0.4 is 11.1 Å². The van der Waals surface area contributed by atoms with E-state index < -0.39 is 0 Å². The molecule has 104 valence electrons. The predicted octanol–water partition coefficient (Wildman–Crippen LogP) is 2.70. The molecule has 2 rings (SSSR count). The first-order valence-electron chi connectivity index (χ1n) is 5.75. The maximum atomic E-state index is 12.0. The van der Waals surface area contributed by atoms with Gasteiger partial charge in [0.15, 0.2) is 0 Å². The molecule has 3 N–H and O–H groups in total. The van der Waals surface area contributed by atoms with Gasteiger partial charge in [-0.25, -0.2) is 9.97 Å². The minimum absolute atomic E-state index is 0.0845. The normalized spacial score (nSPS) is 10.4. The molecule has 0 spiro atoms. The van der Waals surface area contributed by atoms with E-state index in [0.29, 0.717) is 32.6 Å². The number of nitrogens with two attached hydrogens (primary N) is 1. The number of hydrogen-bond donors (Lipinski definition) is 2. The third-order valence-electron chi connectivity index (χ3n) is 2.70. The molecule has 1 heterocycles. The van der Waals surface area contributed by atoms with Gasteiger partial charge in [0.25, 0.3) is 5.91 Å². The summed E-state index contributed by atoms with van der Waals surface area (Å²) >= 11 is 12.0. The molecule has 0 saturated carbocycles. The third kappa shape index (κ3) is 2.84. The number of nitrogen functional groups attached to an aromatic ring is 1. The first-order chi connectivity index (χ1) is 9.42. The van der Waals surface area contributed by atoms with Gasteiger partial charge in [0.05, 0.1) is 17.0 Å². The maximum absolute atomic E-state index is 12.0. The molecular weight excluding hydrogens is 299 g/mol. The number of amides is 1. The van der Waals surface area contributed by atoms with Crippen molar-refractivity contribution >= 4 is 35.1 Å². The van der Waals surface area contributed by atoms with Gasteiger partial charge in [-0.15, -0.1) is 0 Å². The van der Waals surface area contributed by atoms with E-state index in [1.54, 1.807) is 25.1 Å². The van der Waals surface area contributed by atoms with E-state index in [4.69, 9.17) is 28.9 Å². The van der Waals surface area contributed by atoms with Crippen molar-refractivity contribution in [3.63, 3.8) is 0 Å². The molecule has 0 radical (unpaired) electrons. The monoisotopic (exact) mass is 310 g/mol. The van der Waals surface area contributed by atoms with Crippen molar-refractivity contribution in [2.24, 2.45) is 0 Å². The lowest BCUT2D eigenvalue weighted by molar-refractivity contribution is 0.0962. The summed E-state index contributed by atoms with van der Waals surface area (Å²) in [4.78, 5) is 20.2. The van der Waals surface area contributed by atoms with Crippen LogP contribution in [0.15, 0.2) is 18.2 Å². The van der Waals surface area contributed by atoms with E-state index in [1.165, 1.54) is 7.05 Å². The molecule has 1 amide bonds. The molecule has 2 aromatic rings. The van der Waals surface area contributed by atoms with Crippen molar-refractivity contribution in [2.45, 2.75) is 6.92 Å². The Kier molecular flexibility index (Phi) is 4.11. The van der Waals surface area contributed by atoms with Gasteiger partial charge in [-0.05, 0) is 25.1 Å². The number of nitrogens with one attached hydrogen (secondary N) is 1. The number of hydrogen-bond acceptors (Lipinski definition) is 4. The summed E-state index contributed by atoms with van der Waals surface area (Å²) in [7, 11) is 1.53. The van der Waals surface area contributed by atoms with Gasteiger partial charge in [0.1, 0.15) is 0 Å². The second kappa shape index (κ2) is 5.64. The van der Waals surface area contributed by atoms with Gasteiger partial charge in [0.2, 0.25) is 5.95 Å². The van der Waals surface area contributed by atoms with E-state index in [0.717, 1.165) is 0 Å². The van der Waals surface area contributed by atoms with Gasteiger partial charge in [-0.3, -0.25) is 4.79 Å². The van der Waals surface area contributed by atoms with Gasteiger partial charge < -0.3 is 11.1 Å². The van der Waals surface area contributed by atoms with Gasteiger partial charge in [-0.1, -0.05) is 23.2 Å². The van der Waals surface area contributed by atoms with E-state index in [1.807, 2.05) is 0 Å². The molecule has 1 aromatic heterocycles. The topological polar surface area (TPSA) is 80.9 Å². The Morgan fingerprint density at radius 3 is 2.35 bits per heavy atom. The Morgan fingerprint density at radius 2 is 1.80 bits per heavy atom. The average Bonchev–Trinajstić information content (AvgIpc) is 2.35. The molecule has 0 aliphatic rings. The van der Waals surface area contributed by atoms with Crippen LogP contribution in [0.5, 0.6) is 0 Å². The highest BCUT2D eigenvalue weighted by atomic mass is 35.5. The second-order valence-corrected chi connectivity index (χ2v) is 5.00. The average molecular weight is 311 g/mol. The largest absolute Gasteiger partial charge is 0.368 e. The third-order valence-corrected chi connectivity index (χ3v) is 3.13. The number of aromatic nitrogens is 2. The molecule has 0 aliphatic carbocycles. The molecule has 0 fully saturated rings. The molecule has 1 aromatic carbocycles. The highest BCUT2D eigenvalue weighted by Crippen LogP contribution is 2.29. The fourth-order valence-electron chi connectivity index (χ4n) is 1.89. The van der Waals surface area contributed by atoms with Crippen molar-refractivity contribution < 1.29 is 4.79 Å². The minimum Gasteiger partial charge on any atom is -0.368 e. The lowest BCUT2D eigenvalue weighted by Crippen LogP contribution is -2.21. The summed E-state index contributed by atoms with van der Waals surface area (Å²) in [5.74, 6) is -0.213. The quantitative estimate of drug-likeness (QED) is 0.893. The molecule has 0 saturated heterocycles. The molecule has 0 bridgehead atoms. The van der Waals surface area contributed by atoms with Crippen molar-refractivity contribution in [3.05, 3.63) is 39.5 Å². The van der Waals surface area contributed by atoms with Gasteiger partial charge in [-0.2, -0.15) is 0 Å². The second-order valence-electron chi connectivity index (χ2n) is 4.13. The molecule has 20 heavy (non-hydrogen) atoms. The smallest absolute Gasteiger partial charge is 0.255 e.